The number of hydrogen-bond donors (Lipinski definition) is 1. The summed E-state index contributed by atoms with van der Waals surface area (Å²) in [5.41, 5.74) is 1.17. The van der Waals surface area contributed by atoms with Crippen molar-refractivity contribution in [1.29, 1.82) is 0 Å². The lowest BCUT2D eigenvalue weighted by Gasteiger charge is -2.25. The van der Waals surface area contributed by atoms with Gasteiger partial charge in [0.05, 0.1) is 5.25 Å². The van der Waals surface area contributed by atoms with Crippen LogP contribution in [0.2, 0.25) is 0 Å². The highest BCUT2D eigenvalue weighted by Crippen LogP contribution is 2.29. The summed E-state index contributed by atoms with van der Waals surface area (Å²) in [6, 6.07) is 14.2. The molecule has 0 unspecified atom stereocenters. The molecule has 1 saturated carbocycles. The van der Waals surface area contributed by atoms with Crippen molar-refractivity contribution in [3.8, 4) is 10.4 Å². The number of sulfonamides is 1. The zero-order chi connectivity index (χ0) is 14.0. The molecule has 1 aromatic carbocycles. The number of nitrogens with one attached hydrogen (secondary N) is 1. The monoisotopic (exact) mass is 307 g/mol. The minimum atomic E-state index is -3.12. The summed E-state index contributed by atoms with van der Waals surface area (Å²) in [5, 5.41) is -0.170. The third-order valence-corrected chi connectivity index (χ3v) is 6.69. The first kappa shape index (κ1) is 13.8. The Bertz CT molecular complexity index is 673. The van der Waals surface area contributed by atoms with Crippen LogP contribution in [0.15, 0.2) is 42.5 Å². The highest BCUT2D eigenvalue weighted by molar-refractivity contribution is 7.90. The van der Waals surface area contributed by atoms with Gasteiger partial charge < -0.3 is 0 Å². The maximum atomic E-state index is 12.0. The van der Waals surface area contributed by atoms with E-state index >= 15 is 0 Å². The van der Waals surface area contributed by atoms with Crippen molar-refractivity contribution in [3.05, 3.63) is 47.3 Å². The highest BCUT2D eigenvalue weighted by atomic mass is 32.2. The summed E-state index contributed by atoms with van der Waals surface area (Å²) in [6.45, 7) is 0.399. The SMILES string of the molecule is O=S(=O)(NCc1ccc(-c2ccccc2)s1)C1CCC1. The van der Waals surface area contributed by atoms with Crippen LogP contribution in [0.4, 0.5) is 0 Å². The Labute approximate surface area is 123 Å². The summed E-state index contributed by atoms with van der Waals surface area (Å²) in [6.07, 6.45) is 2.63. The van der Waals surface area contributed by atoms with E-state index in [2.05, 4.69) is 16.9 Å². The normalized spacial score (nSPS) is 16.0. The van der Waals surface area contributed by atoms with Gasteiger partial charge >= 0.3 is 0 Å². The fraction of sp³-hybridized carbons (Fsp3) is 0.333. The molecule has 1 fully saturated rings. The average molecular weight is 307 g/mol. The second kappa shape index (κ2) is 5.68. The lowest BCUT2D eigenvalue weighted by molar-refractivity contribution is 0.469. The van der Waals surface area contributed by atoms with E-state index in [1.165, 1.54) is 10.4 Å². The molecule has 3 rings (SSSR count). The summed E-state index contributed by atoms with van der Waals surface area (Å²) in [5.74, 6) is 0. The van der Waals surface area contributed by atoms with Crippen molar-refractivity contribution < 1.29 is 8.42 Å². The van der Waals surface area contributed by atoms with Crippen LogP contribution in [0.3, 0.4) is 0 Å². The zero-order valence-corrected chi connectivity index (χ0v) is 12.7. The second-order valence-corrected chi connectivity index (χ2v) is 8.26. The van der Waals surface area contributed by atoms with Crippen LogP contribution in [0.5, 0.6) is 0 Å². The van der Waals surface area contributed by atoms with Crippen LogP contribution in [0.25, 0.3) is 10.4 Å². The van der Waals surface area contributed by atoms with E-state index in [1.54, 1.807) is 11.3 Å². The van der Waals surface area contributed by atoms with Gasteiger partial charge in [-0.15, -0.1) is 11.3 Å². The Balaban J connectivity index is 1.66. The van der Waals surface area contributed by atoms with Gasteiger partial charge in [-0.1, -0.05) is 36.8 Å². The molecule has 0 aliphatic heterocycles. The molecule has 0 spiro atoms. The van der Waals surface area contributed by atoms with Crippen LogP contribution in [-0.4, -0.2) is 13.7 Å². The van der Waals surface area contributed by atoms with Crippen molar-refractivity contribution in [1.82, 2.24) is 4.72 Å². The van der Waals surface area contributed by atoms with E-state index in [4.69, 9.17) is 0 Å². The maximum absolute atomic E-state index is 12.0. The molecule has 1 N–H and O–H groups in total. The van der Waals surface area contributed by atoms with Gasteiger partial charge in [0.15, 0.2) is 0 Å². The van der Waals surface area contributed by atoms with Crippen LogP contribution < -0.4 is 4.72 Å². The molecule has 106 valence electrons. The smallest absolute Gasteiger partial charge is 0.212 e. The molecule has 0 atom stereocenters. The predicted octanol–water partition coefficient (Wildman–Crippen LogP) is 3.39. The summed E-state index contributed by atoms with van der Waals surface area (Å²) >= 11 is 1.64. The second-order valence-electron chi connectivity index (χ2n) is 5.05. The highest BCUT2D eigenvalue weighted by Gasteiger charge is 2.30. The van der Waals surface area contributed by atoms with Gasteiger partial charge in [-0.2, -0.15) is 0 Å². The quantitative estimate of drug-likeness (QED) is 0.920. The molecule has 1 heterocycles. The Hall–Kier alpha value is -1.17. The van der Waals surface area contributed by atoms with Gasteiger partial charge in [-0.3, -0.25) is 0 Å². The fourth-order valence-corrected chi connectivity index (χ4v) is 4.79. The maximum Gasteiger partial charge on any atom is 0.214 e. The molecule has 1 aliphatic rings. The number of hydrogen-bond acceptors (Lipinski definition) is 3. The van der Waals surface area contributed by atoms with Gasteiger partial charge in [-0.05, 0) is 30.5 Å². The molecule has 3 nitrogen and oxygen atoms in total. The Morgan fingerprint density at radius 2 is 1.85 bits per heavy atom. The first-order chi connectivity index (χ1) is 9.65. The van der Waals surface area contributed by atoms with Gasteiger partial charge in [0.1, 0.15) is 0 Å². The predicted molar refractivity (Wildman–Crippen MR) is 83.2 cm³/mol. The topological polar surface area (TPSA) is 46.2 Å². The summed E-state index contributed by atoms with van der Waals surface area (Å²) in [4.78, 5) is 2.22. The summed E-state index contributed by atoms with van der Waals surface area (Å²) in [7, 11) is -3.12. The fourth-order valence-electron chi connectivity index (χ4n) is 2.20. The van der Waals surface area contributed by atoms with Crippen LogP contribution in [-0.2, 0) is 16.6 Å². The van der Waals surface area contributed by atoms with Gasteiger partial charge in [0.2, 0.25) is 10.0 Å². The number of thiophene rings is 1. The van der Waals surface area contributed by atoms with Crippen molar-refractivity contribution in [3.63, 3.8) is 0 Å². The molecule has 0 radical (unpaired) electrons. The zero-order valence-electron chi connectivity index (χ0n) is 11.1. The van der Waals surface area contributed by atoms with E-state index < -0.39 is 10.0 Å². The van der Waals surface area contributed by atoms with Crippen molar-refractivity contribution >= 4 is 21.4 Å². The molecule has 1 aliphatic carbocycles. The van der Waals surface area contributed by atoms with Crippen molar-refractivity contribution in [2.24, 2.45) is 0 Å². The minimum absolute atomic E-state index is 0.170. The lowest BCUT2D eigenvalue weighted by atomic mass is 10.0. The van der Waals surface area contributed by atoms with Crippen molar-refractivity contribution in [2.75, 3.05) is 0 Å². The van der Waals surface area contributed by atoms with E-state index in [9.17, 15) is 8.42 Å². The first-order valence-electron chi connectivity index (χ1n) is 6.78. The summed E-state index contributed by atoms with van der Waals surface area (Å²) < 4.78 is 26.6. The van der Waals surface area contributed by atoms with Crippen LogP contribution in [0, 0.1) is 0 Å². The van der Waals surface area contributed by atoms with Crippen molar-refractivity contribution in [2.45, 2.75) is 31.1 Å². The Morgan fingerprint density at radius 3 is 2.50 bits per heavy atom. The molecule has 0 saturated heterocycles. The molecule has 1 aromatic heterocycles. The molecule has 2 aromatic rings. The Morgan fingerprint density at radius 1 is 1.10 bits per heavy atom. The lowest BCUT2D eigenvalue weighted by Crippen LogP contribution is -2.37. The van der Waals surface area contributed by atoms with Gasteiger partial charge in [0.25, 0.3) is 0 Å². The molecular weight excluding hydrogens is 290 g/mol. The number of rotatable bonds is 5. The third-order valence-electron chi connectivity index (χ3n) is 3.66. The molecule has 0 bridgehead atoms. The van der Waals surface area contributed by atoms with Crippen LogP contribution >= 0.6 is 11.3 Å². The number of benzene rings is 1. The van der Waals surface area contributed by atoms with E-state index in [0.717, 1.165) is 24.1 Å². The Kier molecular flexibility index (Phi) is 3.92. The molecule has 0 amide bonds. The van der Waals surface area contributed by atoms with Gasteiger partial charge in [-0.25, -0.2) is 13.1 Å². The molecule has 20 heavy (non-hydrogen) atoms. The van der Waals surface area contributed by atoms with Crippen LogP contribution in [0.1, 0.15) is 24.1 Å². The van der Waals surface area contributed by atoms with Gasteiger partial charge in [0, 0.05) is 16.3 Å². The largest absolute Gasteiger partial charge is 0.214 e. The minimum Gasteiger partial charge on any atom is -0.212 e. The standard InChI is InChI=1S/C15H17NO2S2/c17-20(18,14-7-4-8-14)16-11-13-9-10-15(19-13)12-5-2-1-3-6-12/h1-3,5-6,9-10,14,16H,4,7-8,11H2. The van der Waals surface area contributed by atoms with E-state index in [-0.39, 0.29) is 5.25 Å². The average Bonchev–Trinajstić information content (AvgIpc) is 2.84. The van der Waals surface area contributed by atoms with E-state index in [1.807, 2.05) is 30.3 Å². The molecular formula is C15H17NO2S2. The third kappa shape index (κ3) is 2.95. The van der Waals surface area contributed by atoms with E-state index in [0.29, 0.717) is 6.54 Å². The first-order valence-corrected chi connectivity index (χ1v) is 9.14. The molecule has 5 heteroatoms.